The standard InChI is InChI=1S/C17H19F3N2O4/c1-26-16(25)14(6-10-23)22-9-8-21(7-5-15(22)24)13-4-2-3-12(11-13)17(18,19)20/h2-4,10-11,14H,5-9H2,1H3/t14-/m1/s1. The van der Waals surface area contributed by atoms with Crippen LogP contribution in [-0.2, 0) is 25.3 Å². The molecule has 1 aromatic carbocycles. The predicted molar refractivity (Wildman–Crippen MR) is 86.5 cm³/mol. The van der Waals surface area contributed by atoms with Crippen LogP contribution in [0.3, 0.4) is 0 Å². The first kappa shape index (κ1) is 19.7. The minimum absolute atomic E-state index is 0.0165. The molecule has 0 aromatic heterocycles. The van der Waals surface area contributed by atoms with E-state index in [9.17, 15) is 27.6 Å². The van der Waals surface area contributed by atoms with Crippen molar-refractivity contribution in [3.8, 4) is 0 Å². The number of alkyl halides is 3. The number of ether oxygens (including phenoxy) is 1. The van der Waals surface area contributed by atoms with Gasteiger partial charge in [0.1, 0.15) is 12.3 Å². The summed E-state index contributed by atoms with van der Waals surface area (Å²) in [5, 5.41) is 0. The van der Waals surface area contributed by atoms with Crippen LogP contribution in [0, 0.1) is 0 Å². The van der Waals surface area contributed by atoms with Gasteiger partial charge in [0.15, 0.2) is 0 Å². The lowest BCUT2D eigenvalue weighted by atomic mass is 10.1. The van der Waals surface area contributed by atoms with Crippen LogP contribution < -0.4 is 4.90 Å². The van der Waals surface area contributed by atoms with Crippen LogP contribution in [0.4, 0.5) is 18.9 Å². The van der Waals surface area contributed by atoms with Gasteiger partial charge in [-0.2, -0.15) is 13.2 Å². The molecule has 1 aliphatic heterocycles. The minimum Gasteiger partial charge on any atom is -0.467 e. The SMILES string of the molecule is COC(=O)[C@@H](CC=O)N1CCN(c2cccc(C(F)(F)F)c2)CCC1=O. The summed E-state index contributed by atoms with van der Waals surface area (Å²) < 4.78 is 43.3. The molecule has 0 spiro atoms. The smallest absolute Gasteiger partial charge is 0.416 e. The van der Waals surface area contributed by atoms with Crippen LogP contribution in [-0.4, -0.2) is 55.8 Å². The van der Waals surface area contributed by atoms with E-state index in [-0.39, 0.29) is 38.4 Å². The van der Waals surface area contributed by atoms with Crippen LogP contribution in [0.5, 0.6) is 0 Å². The van der Waals surface area contributed by atoms with E-state index in [1.54, 1.807) is 11.0 Å². The van der Waals surface area contributed by atoms with Gasteiger partial charge in [-0.15, -0.1) is 0 Å². The van der Waals surface area contributed by atoms with Crippen molar-refractivity contribution in [1.29, 1.82) is 0 Å². The highest BCUT2D eigenvalue weighted by Gasteiger charge is 2.34. The number of carbonyl (C=O) groups is 3. The molecule has 0 saturated carbocycles. The molecule has 0 radical (unpaired) electrons. The number of aldehydes is 1. The molecular weight excluding hydrogens is 353 g/mol. The molecule has 6 nitrogen and oxygen atoms in total. The highest BCUT2D eigenvalue weighted by Crippen LogP contribution is 2.32. The van der Waals surface area contributed by atoms with Crippen molar-refractivity contribution in [2.24, 2.45) is 0 Å². The molecule has 1 amide bonds. The quantitative estimate of drug-likeness (QED) is 0.583. The first-order chi connectivity index (χ1) is 12.3. The number of esters is 1. The van der Waals surface area contributed by atoms with Crippen molar-refractivity contribution in [3.05, 3.63) is 29.8 Å². The number of amides is 1. The van der Waals surface area contributed by atoms with Gasteiger partial charge in [-0.3, -0.25) is 4.79 Å². The third kappa shape index (κ3) is 4.53. The van der Waals surface area contributed by atoms with Crippen LogP contribution in [0.25, 0.3) is 0 Å². The normalized spacial score (nSPS) is 16.8. The summed E-state index contributed by atoms with van der Waals surface area (Å²) in [4.78, 5) is 37.9. The Bertz CT molecular complexity index is 678. The van der Waals surface area contributed by atoms with Crippen molar-refractivity contribution in [2.75, 3.05) is 31.6 Å². The summed E-state index contributed by atoms with van der Waals surface area (Å²) in [6.07, 6.45) is -4.10. The summed E-state index contributed by atoms with van der Waals surface area (Å²) in [6.45, 7) is 0.549. The van der Waals surface area contributed by atoms with E-state index in [0.717, 1.165) is 19.2 Å². The number of hydrogen-bond donors (Lipinski definition) is 0. The fraction of sp³-hybridized carbons (Fsp3) is 0.471. The van der Waals surface area contributed by atoms with Crippen molar-refractivity contribution in [1.82, 2.24) is 4.90 Å². The number of methoxy groups -OCH3 is 1. The maximum absolute atomic E-state index is 12.9. The predicted octanol–water partition coefficient (Wildman–Crippen LogP) is 1.87. The molecule has 0 bridgehead atoms. The third-order valence-electron chi connectivity index (χ3n) is 4.23. The van der Waals surface area contributed by atoms with E-state index in [0.29, 0.717) is 12.0 Å². The average Bonchev–Trinajstić information content (AvgIpc) is 2.80. The van der Waals surface area contributed by atoms with Crippen LogP contribution in [0.1, 0.15) is 18.4 Å². The van der Waals surface area contributed by atoms with Gasteiger partial charge in [-0.1, -0.05) is 6.07 Å². The summed E-state index contributed by atoms with van der Waals surface area (Å²) in [5.74, 6) is -1.05. The zero-order chi connectivity index (χ0) is 19.3. The third-order valence-corrected chi connectivity index (χ3v) is 4.23. The zero-order valence-electron chi connectivity index (χ0n) is 14.2. The molecule has 2 rings (SSSR count). The van der Waals surface area contributed by atoms with Crippen molar-refractivity contribution >= 4 is 23.9 Å². The van der Waals surface area contributed by atoms with E-state index in [1.165, 1.54) is 11.0 Å². The van der Waals surface area contributed by atoms with Gasteiger partial charge in [-0.05, 0) is 18.2 Å². The van der Waals surface area contributed by atoms with Gasteiger partial charge in [-0.25, -0.2) is 4.79 Å². The molecule has 26 heavy (non-hydrogen) atoms. The van der Waals surface area contributed by atoms with Crippen molar-refractivity contribution < 1.29 is 32.3 Å². The molecule has 142 valence electrons. The fourth-order valence-electron chi connectivity index (χ4n) is 2.88. The highest BCUT2D eigenvalue weighted by molar-refractivity contribution is 5.86. The van der Waals surface area contributed by atoms with E-state index in [2.05, 4.69) is 4.74 Å². The zero-order valence-corrected chi connectivity index (χ0v) is 14.2. The molecule has 1 aliphatic rings. The van der Waals surface area contributed by atoms with Crippen LogP contribution >= 0.6 is 0 Å². The Morgan fingerprint density at radius 3 is 2.65 bits per heavy atom. The Hall–Kier alpha value is -2.58. The minimum atomic E-state index is -4.45. The van der Waals surface area contributed by atoms with Gasteiger partial charge < -0.3 is 19.3 Å². The Morgan fingerprint density at radius 2 is 2.04 bits per heavy atom. The van der Waals surface area contributed by atoms with Crippen LogP contribution in [0.15, 0.2) is 24.3 Å². The van der Waals surface area contributed by atoms with E-state index >= 15 is 0 Å². The Morgan fingerprint density at radius 1 is 1.31 bits per heavy atom. The molecule has 1 heterocycles. The first-order valence-electron chi connectivity index (χ1n) is 8.01. The topological polar surface area (TPSA) is 66.9 Å². The second-order valence-electron chi connectivity index (χ2n) is 5.81. The second kappa shape index (κ2) is 8.20. The monoisotopic (exact) mass is 372 g/mol. The van der Waals surface area contributed by atoms with Gasteiger partial charge >= 0.3 is 12.1 Å². The first-order valence-corrected chi connectivity index (χ1v) is 8.01. The Balaban J connectivity index is 2.19. The molecule has 1 fully saturated rings. The Labute approximate surface area is 148 Å². The molecule has 1 saturated heterocycles. The molecule has 0 unspecified atom stereocenters. The van der Waals surface area contributed by atoms with E-state index < -0.39 is 23.8 Å². The number of nitrogens with zero attached hydrogens (tertiary/aromatic N) is 2. The molecule has 1 aromatic rings. The summed E-state index contributed by atoms with van der Waals surface area (Å²) in [7, 11) is 1.16. The van der Waals surface area contributed by atoms with Gasteiger partial charge in [0, 0.05) is 38.2 Å². The van der Waals surface area contributed by atoms with E-state index in [1.807, 2.05) is 0 Å². The highest BCUT2D eigenvalue weighted by atomic mass is 19.4. The van der Waals surface area contributed by atoms with Gasteiger partial charge in [0.25, 0.3) is 0 Å². The second-order valence-corrected chi connectivity index (χ2v) is 5.81. The summed E-state index contributed by atoms with van der Waals surface area (Å²) in [5.41, 5.74) is -0.421. The molecule has 0 aliphatic carbocycles. The van der Waals surface area contributed by atoms with Crippen LogP contribution in [0.2, 0.25) is 0 Å². The lowest BCUT2D eigenvalue weighted by Gasteiger charge is -2.28. The van der Waals surface area contributed by atoms with E-state index in [4.69, 9.17) is 0 Å². The lowest BCUT2D eigenvalue weighted by Crippen LogP contribution is -2.46. The molecule has 0 N–H and O–H groups in total. The number of benzene rings is 1. The number of rotatable bonds is 5. The number of halogens is 3. The lowest BCUT2D eigenvalue weighted by molar-refractivity contribution is -0.153. The maximum atomic E-state index is 12.9. The maximum Gasteiger partial charge on any atom is 0.416 e. The number of hydrogen-bond acceptors (Lipinski definition) is 5. The molecule has 1 atom stereocenters. The average molecular weight is 372 g/mol. The summed E-state index contributed by atoms with van der Waals surface area (Å²) in [6, 6.07) is 3.84. The van der Waals surface area contributed by atoms with Crippen molar-refractivity contribution in [2.45, 2.75) is 25.1 Å². The van der Waals surface area contributed by atoms with Gasteiger partial charge in [0.2, 0.25) is 5.91 Å². The summed E-state index contributed by atoms with van der Waals surface area (Å²) >= 11 is 0. The largest absolute Gasteiger partial charge is 0.467 e. The number of carbonyl (C=O) groups excluding carboxylic acids is 3. The Kier molecular flexibility index (Phi) is 6.23. The number of anilines is 1. The molecule has 9 heteroatoms. The van der Waals surface area contributed by atoms with Crippen molar-refractivity contribution in [3.63, 3.8) is 0 Å². The molecular formula is C17H19F3N2O4. The van der Waals surface area contributed by atoms with Gasteiger partial charge in [0.05, 0.1) is 12.7 Å². The fourth-order valence-corrected chi connectivity index (χ4v) is 2.88.